The van der Waals surface area contributed by atoms with Crippen molar-refractivity contribution in [1.29, 1.82) is 0 Å². The van der Waals surface area contributed by atoms with Crippen LogP contribution >= 0.6 is 7.82 Å². The lowest BCUT2D eigenvalue weighted by Crippen LogP contribution is -2.45. The molecule has 0 aromatic carbocycles. The van der Waals surface area contributed by atoms with Crippen LogP contribution in [0.1, 0.15) is 206 Å². The van der Waals surface area contributed by atoms with E-state index in [0.717, 1.165) is 38.5 Å². The molecule has 3 atom stereocenters. The van der Waals surface area contributed by atoms with Crippen molar-refractivity contribution in [2.75, 3.05) is 40.9 Å². The number of rotatable bonds is 40. The zero-order valence-electron chi connectivity index (χ0n) is 35.1. The lowest BCUT2D eigenvalue weighted by molar-refractivity contribution is -0.870. The lowest BCUT2D eigenvalue weighted by Gasteiger charge is -2.25. The average molecular weight is 760 g/mol. The number of likely N-dealkylation sites (N-methyl/N-ethyl adjacent to an activating group) is 1. The molecule has 0 aliphatic carbocycles. The number of nitrogens with zero attached hydrogens (tertiary/aromatic N) is 1. The van der Waals surface area contributed by atoms with Crippen molar-refractivity contribution in [2.24, 2.45) is 0 Å². The van der Waals surface area contributed by atoms with E-state index in [9.17, 15) is 19.4 Å². The summed E-state index contributed by atoms with van der Waals surface area (Å²) in [6.45, 7) is 4.82. The van der Waals surface area contributed by atoms with E-state index < -0.39 is 20.0 Å². The fraction of sp³-hybridized carbons (Fsp3) is 0.930. The van der Waals surface area contributed by atoms with E-state index in [-0.39, 0.29) is 19.1 Å². The van der Waals surface area contributed by atoms with Gasteiger partial charge in [-0.05, 0) is 19.3 Å². The van der Waals surface area contributed by atoms with Crippen LogP contribution in [0.25, 0.3) is 0 Å². The van der Waals surface area contributed by atoms with Gasteiger partial charge in [0.2, 0.25) is 5.91 Å². The molecule has 0 aromatic heterocycles. The van der Waals surface area contributed by atoms with Crippen LogP contribution in [0.5, 0.6) is 0 Å². The molecule has 52 heavy (non-hydrogen) atoms. The van der Waals surface area contributed by atoms with Crippen LogP contribution in [-0.4, -0.2) is 73.4 Å². The average Bonchev–Trinajstić information content (AvgIpc) is 3.09. The largest absolute Gasteiger partial charge is 0.472 e. The number of unbranched alkanes of at least 4 members (excludes halogenated alkanes) is 27. The Morgan fingerprint density at radius 2 is 1.02 bits per heavy atom. The Bertz CT molecular complexity index is 865. The number of amides is 1. The van der Waals surface area contributed by atoms with Crippen molar-refractivity contribution >= 4 is 13.7 Å². The Labute approximate surface area is 322 Å². The SMILES string of the molecule is CCCCCCCCCCCCCC/C=C/[C@@H](O)[C@H](COP(=O)(O)OCC[N+](C)(C)C)NC(=O)CCCCCCCCCCCCCCCCCC. The maximum atomic E-state index is 12.8. The minimum Gasteiger partial charge on any atom is -0.387 e. The summed E-state index contributed by atoms with van der Waals surface area (Å²) in [6, 6.07) is -0.839. The Kier molecular flexibility index (Phi) is 35.4. The predicted molar refractivity (Wildman–Crippen MR) is 222 cm³/mol. The van der Waals surface area contributed by atoms with Crippen LogP contribution < -0.4 is 5.32 Å². The third-order valence-corrected chi connectivity index (χ3v) is 11.0. The fourth-order valence-corrected chi connectivity index (χ4v) is 7.19. The molecule has 8 nitrogen and oxygen atoms in total. The van der Waals surface area contributed by atoms with Gasteiger partial charge in [0.1, 0.15) is 13.2 Å². The van der Waals surface area contributed by atoms with E-state index in [1.54, 1.807) is 6.08 Å². The van der Waals surface area contributed by atoms with Gasteiger partial charge in [-0.25, -0.2) is 4.57 Å². The second kappa shape index (κ2) is 35.9. The van der Waals surface area contributed by atoms with Crippen molar-refractivity contribution in [3.05, 3.63) is 12.2 Å². The summed E-state index contributed by atoms with van der Waals surface area (Å²) < 4.78 is 23.5. The molecule has 0 rings (SSSR count). The van der Waals surface area contributed by atoms with Gasteiger partial charge in [-0.3, -0.25) is 13.8 Å². The van der Waals surface area contributed by atoms with Crippen LogP contribution in [-0.2, 0) is 18.4 Å². The molecule has 310 valence electrons. The quantitative estimate of drug-likeness (QED) is 0.0249. The smallest absolute Gasteiger partial charge is 0.387 e. The Hall–Kier alpha value is -0.760. The highest BCUT2D eigenvalue weighted by atomic mass is 31.2. The van der Waals surface area contributed by atoms with Crippen molar-refractivity contribution in [3.63, 3.8) is 0 Å². The number of allylic oxidation sites excluding steroid dienone is 1. The lowest BCUT2D eigenvalue weighted by atomic mass is 10.0. The molecule has 3 N–H and O–H groups in total. The number of hydrogen-bond donors (Lipinski definition) is 3. The third kappa shape index (κ3) is 37.6. The minimum absolute atomic E-state index is 0.0645. The van der Waals surface area contributed by atoms with Gasteiger partial charge in [0.15, 0.2) is 0 Å². The molecule has 0 radical (unpaired) electrons. The first-order valence-electron chi connectivity index (χ1n) is 22.1. The molecule has 0 bridgehead atoms. The number of aliphatic hydroxyl groups is 1. The first kappa shape index (κ1) is 51.2. The second-order valence-electron chi connectivity index (χ2n) is 16.4. The summed E-state index contributed by atoms with van der Waals surface area (Å²) in [6.07, 6.45) is 39.8. The topological polar surface area (TPSA) is 105 Å². The Morgan fingerprint density at radius 3 is 1.42 bits per heavy atom. The molecule has 0 heterocycles. The van der Waals surface area contributed by atoms with E-state index in [1.807, 2.05) is 27.2 Å². The Balaban J connectivity index is 4.41. The molecule has 9 heteroatoms. The van der Waals surface area contributed by atoms with Crippen molar-refractivity contribution in [3.8, 4) is 0 Å². The molecule has 0 aromatic rings. The van der Waals surface area contributed by atoms with Crippen molar-refractivity contribution in [1.82, 2.24) is 5.32 Å². The van der Waals surface area contributed by atoms with Gasteiger partial charge in [0, 0.05) is 6.42 Å². The highest BCUT2D eigenvalue weighted by Crippen LogP contribution is 2.43. The van der Waals surface area contributed by atoms with Gasteiger partial charge in [-0.15, -0.1) is 0 Å². The van der Waals surface area contributed by atoms with Crippen LogP contribution in [0.15, 0.2) is 12.2 Å². The Morgan fingerprint density at radius 1 is 0.635 bits per heavy atom. The van der Waals surface area contributed by atoms with E-state index in [1.165, 1.54) is 148 Å². The number of phosphoric ester groups is 1. The zero-order chi connectivity index (χ0) is 38.6. The normalized spacial score (nSPS) is 14.5. The molecule has 0 aliphatic rings. The van der Waals surface area contributed by atoms with Crippen LogP contribution in [0.2, 0.25) is 0 Å². The molecule has 1 amide bonds. The van der Waals surface area contributed by atoms with Crippen LogP contribution in [0, 0.1) is 0 Å². The molecule has 0 fully saturated rings. The minimum atomic E-state index is -4.33. The summed E-state index contributed by atoms with van der Waals surface area (Å²) >= 11 is 0. The number of aliphatic hydroxyl groups excluding tert-OH is 1. The zero-order valence-corrected chi connectivity index (χ0v) is 36.0. The van der Waals surface area contributed by atoms with Crippen LogP contribution in [0.3, 0.4) is 0 Å². The number of phosphoric acid groups is 1. The first-order chi connectivity index (χ1) is 25.0. The summed E-state index contributed by atoms with van der Waals surface area (Å²) in [5.41, 5.74) is 0. The number of hydrogen-bond acceptors (Lipinski definition) is 5. The van der Waals surface area contributed by atoms with E-state index in [0.29, 0.717) is 17.4 Å². The third-order valence-electron chi connectivity index (χ3n) is 10.0. The first-order valence-corrected chi connectivity index (χ1v) is 23.6. The van der Waals surface area contributed by atoms with E-state index in [4.69, 9.17) is 9.05 Å². The predicted octanol–water partition coefficient (Wildman–Crippen LogP) is 12.0. The standard InChI is InChI=1S/C43H87N2O6P/c1-6-8-10-12-14-16-18-20-22-23-25-27-29-31-33-35-37-43(47)44-41(40-51-52(48,49)50-39-38-45(3,4)5)42(46)36-34-32-30-28-26-24-21-19-17-15-13-11-9-7-2/h34,36,41-42,46H,6-33,35,37-40H2,1-5H3,(H-,44,47,48,49)/p+1/b36-34+/t41-,42+/m0/s1. The number of nitrogens with one attached hydrogen (secondary N) is 1. The molecule has 1 unspecified atom stereocenters. The highest BCUT2D eigenvalue weighted by Gasteiger charge is 2.27. The summed E-state index contributed by atoms with van der Waals surface area (Å²) in [5, 5.41) is 13.8. The summed E-state index contributed by atoms with van der Waals surface area (Å²) in [7, 11) is 1.58. The molecular weight excluding hydrogens is 671 g/mol. The number of quaternary nitrogens is 1. The van der Waals surface area contributed by atoms with E-state index >= 15 is 0 Å². The molecular formula is C43H88N2O6P+. The molecule has 0 spiro atoms. The maximum absolute atomic E-state index is 12.8. The molecule has 0 saturated carbocycles. The fourth-order valence-electron chi connectivity index (χ4n) is 6.45. The van der Waals surface area contributed by atoms with Gasteiger partial charge < -0.3 is 19.8 Å². The van der Waals surface area contributed by atoms with Crippen molar-refractivity contribution < 1.29 is 32.9 Å². The van der Waals surface area contributed by atoms with Gasteiger partial charge in [0.05, 0.1) is 39.9 Å². The summed E-state index contributed by atoms with van der Waals surface area (Å²) in [5.74, 6) is -0.175. The summed E-state index contributed by atoms with van der Waals surface area (Å²) in [4.78, 5) is 23.1. The number of carbonyl (C=O) groups excluding carboxylic acids is 1. The van der Waals surface area contributed by atoms with Gasteiger partial charge in [0.25, 0.3) is 0 Å². The molecule has 0 aliphatic heterocycles. The maximum Gasteiger partial charge on any atom is 0.472 e. The van der Waals surface area contributed by atoms with Gasteiger partial charge >= 0.3 is 7.82 Å². The highest BCUT2D eigenvalue weighted by molar-refractivity contribution is 7.47. The van der Waals surface area contributed by atoms with Gasteiger partial charge in [-0.1, -0.05) is 193 Å². The van der Waals surface area contributed by atoms with E-state index in [2.05, 4.69) is 19.2 Å². The second-order valence-corrected chi connectivity index (χ2v) is 17.9. The van der Waals surface area contributed by atoms with Gasteiger partial charge in [-0.2, -0.15) is 0 Å². The van der Waals surface area contributed by atoms with Crippen LogP contribution in [0.4, 0.5) is 0 Å². The number of carbonyl (C=O) groups is 1. The molecule has 0 saturated heterocycles. The van der Waals surface area contributed by atoms with Crippen molar-refractivity contribution in [2.45, 2.75) is 219 Å². The monoisotopic (exact) mass is 760 g/mol.